The Kier molecular flexibility index (Phi) is 5.02. The Labute approximate surface area is 82.2 Å². The van der Waals surface area contributed by atoms with Gasteiger partial charge >= 0.3 is 8.56 Å². The summed E-state index contributed by atoms with van der Waals surface area (Å²) in [6.45, 7) is 6.37. The van der Waals surface area contributed by atoms with Crippen molar-refractivity contribution >= 4 is 27.0 Å². The van der Waals surface area contributed by atoms with Gasteiger partial charge < -0.3 is 8.85 Å². The van der Waals surface area contributed by atoms with Crippen LogP contribution in [-0.2, 0) is 8.85 Å². The lowest BCUT2D eigenvalue weighted by Crippen LogP contribution is -2.37. The van der Waals surface area contributed by atoms with E-state index in [-0.39, 0.29) is 0 Å². The minimum Gasteiger partial charge on any atom is -0.398 e. The van der Waals surface area contributed by atoms with Gasteiger partial charge in [-0.3, -0.25) is 0 Å². The summed E-state index contributed by atoms with van der Waals surface area (Å²) in [5, 5.41) is 0. The molecule has 0 aromatic rings. The largest absolute Gasteiger partial charge is 0.398 e. The number of hydrogen-bond donors (Lipinski definition) is 0. The van der Waals surface area contributed by atoms with E-state index in [4.69, 9.17) is 19.9 Å². The molecule has 0 amide bonds. The van der Waals surface area contributed by atoms with Gasteiger partial charge in [0.2, 0.25) is 0 Å². The van der Waals surface area contributed by atoms with Gasteiger partial charge in [0.15, 0.2) is 0 Å². The van der Waals surface area contributed by atoms with E-state index in [1.807, 2.05) is 0 Å². The zero-order valence-electron chi connectivity index (χ0n) is 8.61. The third-order valence-electron chi connectivity index (χ3n) is 2.04. The van der Waals surface area contributed by atoms with Crippen molar-refractivity contribution in [2.45, 2.75) is 31.7 Å². The van der Waals surface area contributed by atoms with Crippen molar-refractivity contribution < 1.29 is 8.85 Å². The van der Waals surface area contributed by atoms with Crippen LogP contribution in [0.4, 0.5) is 0 Å². The molecule has 0 heterocycles. The fourth-order valence-corrected chi connectivity index (χ4v) is 6.43. The first-order valence-electron chi connectivity index (χ1n) is 4.12. The molecular weight excluding hydrogens is 208 g/mol. The van der Waals surface area contributed by atoms with Crippen LogP contribution >= 0.6 is 11.1 Å². The van der Waals surface area contributed by atoms with Crippen molar-refractivity contribution in [3.05, 3.63) is 0 Å². The fourth-order valence-electron chi connectivity index (χ4n) is 0.812. The normalized spacial score (nSPS) is 13.5. The van der Waals surface area contributed by atoms with Crippen LogP contribution in [0.1, 0.15) is 0 Å². The summed E-state index contributed by atoms with van der Waals surface area (Å²) < 4.78 is 10.7. The zero-order valence-corrected chi connectivity index (χ0v) is 11.4. The molecule has 0 aromatic heterocycles. The van der Waals surface area contributed by atoms with Crippen LogP contribution in [0, 0.1) is 0 Å². The topological polar surface area (TPSA) is 18.5 Å². The lowest BCUT2D eigenvalue weighted by molar-refractivity contribution is 0.251. The van der Waals surface area contributed by atoms with Crippen LogP contribution in [0.5, 0.6) is 0 Å². The van der Waals surface area contributed by atoms with E-state index in [1.54, 1.807) is 14.2 Å². The first-order chi connectivity index (χ1) is 5.33. The molecule has 0 saturated carbocycles. The van der Waals surface area contributed by atoms with Gasteiger partial charge in [-0.1, -0.05) is 13.1 Å². The molecule has 0 unspecified atom stereocenters. The first-order valence-corrected chi connectivity index (χ1v) is 10.9. The van der Waals surface area contributed by atoms with Gasteiger partial charge in [0.05, 0.1) is 0 Å². The second-order valence-electron chi connectivity index (χ2n) is 3.76. The van der Waals surface area contributed by atoms with Crippen molar-refractivity contribution in [3.63, 3.8) is 0 Å². The van der Waals surface area contributed by atoms with E-state index in [1.165, 1.54) is 0 Å². The monoisotopic (exact) mass is 226 g/mol. The summed E-state index contributed by atoms with van der Waals surface area (Å²) in [5.74, 6) is 0. The van der Waals surface area contributed by atoms with E-state index < -0.39 is 15.9 Å². The van der Waals surface area contributed by atoms with E-state index in [0.29, 0.717) is 0 Å². The molecule has 2 nitrogen and oxygen atoms in total. The van der Waals surface area contributed by atoms with Crippen LogP contribution in [-0.4, -0.2) is 30.2 Å². The summed E-state index contributed by atoms with van der Waals surface area (Å²) >= 11 is 6.20. The van der Waals surface area contributed by atoms with Gasteiger partial charge in [-0.05, 0) is 18.6 Å². The molecule has 0 bridgehead atoms. The maximum absolute atomic E-state index is 6.20. The van der Waals surface area contributed by atoms with Crippen LogP contribution < -0.4 is 0 Å². The summed E-state index contributed by atoms with van der Waals surface area (Å²) in [5.41, 5.74) is 0. The van der Waals surface area contributed by atoms with Gasteiger partial charge in [-0.2, -0.15) is 11.1 Å². The number of hydrogen-bond acceptors (Lipinski definition) is 2. The predicted octanol–water partition coefficient (Wildman–Crippen LogP) is 2.80. The standard InChI is InChI=1S/C7H19ClO2Si2/c1-9-12(5,10-2)7-6-11(3,4)8/h6-7H2,1-5H3. The van der Waals surface area contributed by atoms with E-state index in [9.17, 15) is 0 Å². The number of rotatable bonds is 5. The number of halogens is 1. The maximum atomic E-state index is 6.20. The highest BCUT2D eigenvalue weighted by Gasteiger charge is 2.31. The van der Waals surface area contributed by atoms with Crippen molar-refractivity contribution in [2.75, 3.05) is 14.2 Å². The summed E-state index contributed by atoms with van der Waals surface area (Å²) in [6.07, 6.45) is 0. The van der Waals surface area contributed by atoms with Crippen LogP contribution in [0.2, 0.25) is 31.7 Å². The summed E-state index contributed by atoms with van der Waals surface area (Å²) in [6, 6.07) is 2.07. The SMILES string of the molecule is CO[Si](C)(CC[Si](C)(C)Cl)OC. The van der Waals surface area contributed by atoms with Gasteiger partial charge in [0.25, 0.3) is 0 Å². The average molecular weight is 227 g/mol. The molecule has 0 spiro atoms. The highest BCUT2D eigenvalue weighted by atomic mass is 35.6. The van der Waals surface area contributed by atoms with Gasteiger partial charge in [-0.15, -0.1) is 0 Å². The highest BCUT2D eigenvalue weighted by Crippen LogP contribution is 2.23. The van der Waals surface area contributed by atoms with Crippen LogP contribution in [0.3, 0.4) is 0 Å². The van der Waals surface area contributed by atoms with Crippen molar-refractivity contribution in [3.8, 4) is 0 Å². The molecule has 0 fully saturated rings. The molecule has 0 aliphatic rings. The first kappa shape index (κ1) is 12.6. The molecule has 0 rings (SSSR count). The predicted molar refractivity (Wildman–Crippen MR) is 58.6 cm³/mol. The van der Waals surface area contributed by atoms with E-state index in [0.717, 1.165) is 12.1 Å². The molecule has 0 aromatic carbocycles. The Bertz CT molecular complexity index is 132. The molecular formula is C7H19ClO2Si2. The van der Waals surface area contributed by atoms with E-state index >= 15 is 0 Å². The lowest BCUT2D eigenvalue weighted by Gasteiger charge is -2.25. The Balaban J connectivity index is 3.89. The van der Waals surface area contributed by atoms with Gasteiger partial charge in [0, 0.05) is 14.2 Å². The molecule has 5 heteroatoms. The molecule has 0 radical (unpaired) electrons. The van der Waals surface area contributed by atoms with Crippen molar-refractivity contribution in [1.82, 2.24) is 0 Å². The minimum absolute atomic E-state index is 1.00. The molecule has 74 valence electrons. The molecule has 0 saturated heterocycles. The third-order valence-corrected chi connectivity index (χ3v) is 7.43. The fraction of sp³-hybridized carbons (Fsp3) is 1.00. The molecule has 0 aliphatic heterocycles. The molecule has 0 N–H and O–H groups in total. The summed E-state index contributed by atoms with van der Waals surface area (Å²) in [4.78, 5) is 0. The Hall–Kier alpha value is 0.644. The smallest absolute Gasteiger partial charge is 0.334 e. The second-order valence-corrected chi connectivity index (χ2v) is 14.4. The van der Waals surface area contributed by atoms with Crippen molar-refractivity contribution in [2.24, 2.45) is 0 Å². The third kappa shape index (κ3) is 5.32. The maximum Gasteiger partial charge on any atom is 0.334 e. The van der Waals surface area contributed by atoms with E-state index in [2.05, 4.69) is 19.6 Å². The molecule has 0 aliphatic carbocycles. The summed E-state index contributed by atoms with van der Waals surface area (Å²) in [7, 11) is 0.132. The Morgan fingerprint density at radius 3 is 1.67 bits per heavy atom. The van der Waals surface area contributed by atoms with Crippen molar-refractivity contribution in [1.29, 1.82) is 0 Å². The quantitative estimate of drug-likeness (QED) is 0.530. The van der Waals surface area contributed by atoms with Crippen LogP contribution in [0.25, 0.3) is 0 Å². The van der Waals surface area contributed by atoms with Gasteiger partial charge in [0.1, 0.15) is 7.38 Å². The van der Waals surface area contributed by atoms with Crippen LogP contribution in [0.15, 0.2) is 0 Å². The highest BCUT2D eigenvalue weighted by molar-refractivity contribution is 7.19. The molecule has 0 atom stereocenters. The zero-order chi connectivity index (χ0) is 9.83. The minimum atomic E-state index is -1.86. The molecule has 12 heavy (non-hydrogen) atoms. The van der Waals surface area contributed by atoms with Gasteiger partial charge in [-0.25, -0.2) is 0 Å². The Morgan fingerprint density at radius 1 is 1.00 bits per heavy atom. The second kappa shape index (κ2) is 4.76. The Morgan fingerprint density at radius 2 is 1.42 bits per heavy atom. The average Bonchev–Trinajstić information content (AvgIpc) is 1.99. The lowest BCUT2D eigenvalue weighted by atomic mass is 10.9.